The number of nitrogens with zero attached hydrogens (tertiary/aromatic N) is 2. The molecule has 3 N–H and O–H groups in total. The van der Waals surface area contributed by atoms with Crippen LogP contribution in [0.1, 0.15) is 34.8 Å². The Hall–Kier alpha value is -2.90. The van der Waals surface area contributed by atoms with E-state index in [1.165, 1.54) is 11.1 Å². The van der Waals surface area contributed by atoms with Crippen LogP contribution in [0.5, 0.6) is 0 Å². The number of hydrogen-bond acceptors (Lipinski definition) is 5. The van der Waals surface area contributed by atoms with Gasteiger partial charge in [0.15, 0.2) is 0 Å². The summed E-state index contributed by atoms with van der Waals surface area (Å²) in [6, 6.07) is 16.0. The largest absolute Gasteiger partial charge is 0.390 e. The van der Waals surface area contributed by atoms with Crippen molar-refractivity contribution in [3.8, 4) is 0 Å². The van der Waals surface area contributed by atoms with Crippen LogP contribution in [0.4, 0.5) is 5.69 Å². The van der Waals surface area contributed by atoms with Crippen LogP contribution in [0.3, 0.4) is 0 Å². The van der Waals surface area contributed by atoms with Crippen LogP contribution in [0.25, 0.3) is 0 Å². The van der Waals surface area contributed by atoms with Crippen molar-refractivity contribution < 1.29 is 14.7 Å². The number of aliphatic hydroxyl groups is 1. The molecule has 0 radical (unpaired) electrons. The van der Waals surface area contributed by atoms with Crippen LogP contribution in [0, 0.1) is 0 Å². The first-order valence-corrected chi connectivity index (χ1v) is 11.4. The molecule has 0 aromatic heterocycles. The second kappa shape index (κ2) is 10.1. The van der Waals surface area contributed by atoms with E-state index in [-0.39, 0.29) is 24.4 Å². The van der Waals surface area contributed by atoms with Gasteiger partial charge in [-0.15, -0.1) is 0 Å². The minimum absolute atomic E-state index is 0.0924. The van der Waals surface area contributed by atoms with Gasteiger partial charge in [0.2, 0.25) is 5.91 Å². The van der Waals surface area contributed by atoms with Gasteiger partial charge in [-0.3, -0.25) is 14.5 Å². The molecular formula is C25H32N4O3. The molecule has 2 heterocycles. The van der Waals surface area contributed by atoms with Gasteiger partial charge in [-0.1, -0.05) is 30.3 Å². The van der Waals surface area contributed by atoms with Crippen molar-refractivity contribution in [2.75, 3.05) is 38.0 Å². The Morgan fingerprint density at radius 2 is 1.94 bits per heavy atom. The Balaban J connectivity index is 1.24. The van der Waals surface area contributed by atoms with Crippen molar-refractivity contribution in [3.63, 3.8) is 0 Å². The summed E-state index contributed by atoms with van der Waals surface area (Å²) in [7, 11) is 0. The maximum atomic E-state index is 12.6. The lowest BCUT2D eigenvalue weighted by Crippen LogP contribution is -2.42. The van der Waals surface area contributed by atoms with E-state index in [1.807, 2.05) is 29.2 Å². The minimum atomic E-state index is -0.624. The number of β-amino-alcohol motifs (C(OH)–C–C–N with tert-alkyl or cyclic N) is 1. The predicted octanol–water partition coefficient (Wildman–Crippen LogP) is 1.87. The van der Waals surface area contributed by atoms with Gasteiger partial charge in [0.25, 0.3) is 5.91 Å². The fourth-order valence-electron chi connectivity index (χ4n) is 4.54. The zero-order valence-electron chi connectivity index (χ0n) is 18.6. The number of carbonyl (C=O) groups excluding carboxylic acids is 2. The molecule has 7 nitrogen and oxygen atoms in total. The molecule has 2 amide bonds. The molecule has 0 aliphatic carbocycles. The molecule has 2 aromatic rings. The average Bonchev–Trinajstić information content (AvgIpc) is 3.26. The number of hydrogen-bond donors (Lipinski definition) is 3. The molecule has 2 atom stereocenters. The van der Waals surface area contributed by atoms with Gasteiger partial charge < -0.3 is 20.6 Å². The SMILES string of the molecule is CC(=O)N1CC[C@@H](Nc2cccc(C(=O)NC[C@H](O)CN3CCc4ccccc4C3)c2)C1. The smallest absolute Gasteiger partial charge is 0.251 e. The fourth-order valence-corrected chi connectivity index (χ4v) is 4.54. The molecule has 170 valence electrons. The normalized spacial score (nSPS) is 19.3. The van der Waals surface area contributed by atoms with E-state index in [2.05, 4.69) is 33.7 Å². The van der Waals surface area contributed by atoms with Crippen LogP contribution < -0.4 is 10.6 Å². The maximum absolute atomic E-state index is 12.6. The summed E-state index contributed by atoms with van der Waals surface area (Å²) in [5, 5.41) is 16.7. The Labute approximate surface area is 189 Å². The molecule has 4 rings (SSSR count). The number of fused-ring (bicyclic) bond motifs is 1. The van der Waals surface area contributed by atoms with E-state index >= 15 is 0 Å². The average molecular weight is 437 g/mol. The minimum Gasteiger partial charge on any atom is -0.390 e. The lowest BCUT2D eigenvalue weighted by atomic mass is 10.00. The number of likely N-dealkylation sites (tertiary alicyclic amines) is 1. The summed E-state index contributed by atoms with van der Waals surface area (Å²) in [4.78, 5) is 28.2. The van der Waals surface area contributed by atoms with Crippen LogP contribution >= 0.6 is 0 Å². The molecule has 0 bridgehead atoms. The van der Waals surface area contributed by atoms with Gasteiger partial charge in [0.1, 0.15) is 0 Å². The van der Waals surface area contributed by atoms with Gasteiger partial charge in [-0.25, -0.2) is 0 Å². The molecule has 7 heteroatoms. The third-order valence-electron chi connectivity index (χ3n) is 6.31. The molecule has 1 saturated heterocycles. The monoisotopic (exact) mass is 436 g/mol. The molecule has 2 aliphatic rings. The highest BCUT2D eigenvalue weighted by molar-refractivity contribution is 5.95. The summed E-state index contributed by atoms with van der Waals surface area (Å²) in [6.07, 6.45) is 1.25. The summed E-state index contributed by atoms with van der Waals surface area (Å²) in [5.74, 6) is -0.108. The van der Waals surface area contributed by atoms with E-state index in [0.717, 1.165) is 38.2 Å². The first kappa shape index (κ1) is 22.3. The quantitative estimate of drug-likeness (QED) is 0.617. The van der Waals surface area contributed by atoms with E-state index in [4.69, 9.17) is 0 Å². The first-order valence-electron chi connectivity index (χ1n) is 11.4. The summed E-state index contributed by atoms with van der Waals surface area (Å²) in [5.41, 5.74) is 4.11. The highest BCUT2D eigenvalue weighted by atomic mass is 16.3. The van der Waals surface area contributed by atoms with Gasteiger partial charge in [0, 0.05) is 63.5 Å². The van der Waals surface area contributed by atoms with Crippen LogP contribution in [-0.2, 0) is 17.8 Å². The van der Waals surface area contributed by atoms with Gasteiger partial charge in [-0.05, 0) is 42.2 Å². The lowest BCUT2D eigenvalue weighted by Gasteiger charge is -2.30. The molecule has 1 fully saturated rings. The number of amides is 2. The number of nitrogens with one attached hydrogen (secondary N) is 2. The molecular weight excluding hydrogens is 404 g/mol. The topological polar surface area (TPSA) is 84.9 Å². The standard InChI is InChI=1S/C25H32N4O3/c1-18(30)29-12-10-23(16-29)27-22-8-4-7-20(13-22)25(32)26-14-24(31)17-28-11-9-19-5-2-3-6-21(19)15-28/h2-8,13,23-24,27,31H,9-12,14-17H2,1H3,(H,26,32)/t23-,24+/m1/s1. The molecule has 0 spiro atoms. The molecule has 2 aliphatic heterocycles. The van der Waals surface area contributed by atoms with Crippen molar-refractivity contribution in [1.82, 2.24) is 15.1 Å². The Morgan fingerprint density at radius 1 is 1.12 bits per heavy atom. The van der Waals surface area contributed by atoms with E-state index < -0.39 is 6.10 Å². The second-order valence-electron chi connectivity index (χ2n) is 8.79. The highest BCUT2D eigenvalue weighted by Crippen LogP contribution is 2.19. The third kappa shape index (κ3) is 5.66. The molecule has 32 heavy (non-hydrogen) atoms. The Bertz CT molecular complexity index is 964. The van der Waals surface area contributed by atoms with Crippen LogP contribution in [0.15, 0.2) is 48.5 Å². The number of carbonyl (C=O) groups is 2. The van der Waals surface area contributed by atoms with Crippen LogP contribution in [0.2, 0.25) is 0 Å². The van der Waals surface area contributed by atoms with Crippen molar-refractivity contribution in [2.45, 2.75) is 38.5 Å². The molecule has 2 aromatic carbocycles. The fraction of sp³-hybridized carbons (Fsp3) is 0.440. The number of anilines is 1. The lowest BCUT2D eigenvalue weighted by molar-refractivity contribution is -0.127. The van der Waals surface area contributed by atoms with Gasteiger partial charge in [-0.2, -0.15) is 0 Å². The Kier molecular flexibility index (Phi) is 7.07. The van der Waals surface area contributed by atoms with Crippen molar-refractivity contribution in [1.29, 1.82) is 0 Å². The van der Waals surface area contributed by atoms with E-state index in [9.17, 15) is 14.7 Å². The van der Waals surface area contributed by atoms with Gasteiger partial charge in [0.05, 0.1) is 6.10 Å². The summed E-state index contributed by atoms with van der Waals surface area (Å²) in [6.45, 7) is 5.52. The third-order valence-corrected chi connectivity index (χ3v) is 6.31. The number of benzene rings is 2. The van der Waals surface area contributed by atoms with Crippen molar-refractivity contribution >= 4 is 17.5 Å². The van der Waals surface area contributed by atoms with Crippen molar-refractivity contribution in [3.05, 3.63) is 65.2 Å². The van der Waals surface area contributed by atoms with Gasteiger partial charge >= 0.3 is 0 Å². The second-order valence-corrected chi connectivity index (χ2v) is 8.79. The number of aliphatic hydroxyl groups excluding tert-OH is 1. The number of rotatable bonds is 7. The van der Waals surface area contributed by atoms with Crippen LogP contribution in [-0.4, -0.2) is 71.6 Å². The van der Waals surface area contributed by atoms with E-state index in [0.29, 0.717) is 18.7 Å². The maximum Gasteiger partial charge on any atom is 0.251 e. The highest BCUT2D eigenvalue weighted by Gasteiger charge is 2.24. The van der Waals surface area contributed by atoms with Crippen molar-refractivity contribution in [2.24, 2.45) is 0 Å². The first-order chi connectivity index (χ1) is 15.5. The molecule has 0 unspecified atom stereocenters. The Morgan fingerprint density at radius 3 is 2.72 bits per heavy atom. The zero-order chi connectivity index (χ0) is 22.5. The predicted molar refractivity (Wildman–Crippen MR) is 124 cm³/mol. The summed E-state index contributed by atoms with van der Waals surface area (Å²) < 4.78 is 0. The summed E-state index contributed by atoms with van der Waals surface area (Å²) >= 11 is 0. The van der Waals surface area contributed by atoms with E-state index in [1.54, 1.807) is 13.0 Å². The molecule has 0 saturated carbocycles. The zero-order valence-corrected chi connectivity index (χ0v) is 18.6.